The van der Waals surface area contributed by atoms with Gasteiger partial charge in [0.25, 0.3) is 0 Å². The Hall–Kier alpha value is -1.62. The number of rotatable bonds is 3. The minimum Gasteiger partial charge on any atom is -0.459 e. The minimum atomic E-state index is -0.614. The molecule has 17 heavy (non-hydrogen) atoms. The lowest BCUT2D eigenvalue weighted by atomic mass is 10.2. The van der Waals surface area contributed by atoms with Crippen molar-refractivity contribution in [2.75, 3.05) is 18.9 Å². The molecule has 0 amide bonds. The maximum Gasteiger partial charge on any atom is 0.338 e. The van der Waals surface area contributed by atoms with Gasteiger partial charge in [0.1, 0.15) is 12.4 Å². The van der Waals surface area contributed by atoms with Crippen LogP contribution in [-0.2, 0) is 9.47 Å². The molecule has 1 aromatic rings. The fraction of sp³-hybridized carbons (Fsp3) is 0.417. The third-order valence-electron chi connectivity index (χ3n) is 2.66. The fourth-order valence-corrected chi connectivity index (χ4v) is 1.68. The van der Waals surface area contributed by atoms with Gasteiger partial charge >= 0.3 is 5.97 Å². The summed E-state index contributed by atoms with van der Waals surface area (Å²) >= 11 is 0. The van der Waals surface area contributed by atoms with Crippen molar-refractivity contribution in [2.45, 2.75) is 18.9 Å². The van der Waals surface area contributed by atoms with Crippen LogP contribution in [0.2, 0.25) is 0 Å². The van der Waals surface area contributed by atoms with Crippen molar-refractivity contribution < 1.29 is 18.7 Å². The third-order valence-corrected chi connectivity index (χ3v) is 2.66. The van der Waals surface area contributed by atoms with Gasteiger partial charge in [0.05, 0.1) is 17.4 Å². The molecule has 5 heteroatoms. The predicted molar refractivity (Wildman–Crippen MR) is 60.1 cm³/mol. The van der Waals surface area contributed by atoms with Crippen LogP contribution in [0.15, 0.2) is 18.2 Å². The van der Waals surface area contributed by atoms with E-state index in [4.69, 9.17) is 15.2 Å². The Bertz CT molecular complexity index is 416. The summed E-state index contributed by atoms with van der Waals surface area (Å²) in [5.74, 6) is -1.17. The van der Waals surface area contributed by atoms with E-state index in [9.17, 15) is 9.18 Å². The highest BCUT2D eigenvalue weighted by molar-refractivity contribution is 5.89. The Balaban J connectivity index is 1.92. The SMILES string of the molecule is Nc1ccc(C(=O)OCC2CCCO2)cc1F. The summed E-state index contributed by atoms with van der Waals surface area (Å²) in [6.07, 6.45) is 1.85. The number of anilines is 1. The smallest absolute Gasteiger partial charge is 0.338 e. The summed E-state index contributed by atoms with van der Waals surface area (Å²) in [6, 6.07) is 3.86. The number of halogens is 1. The number of esters is 1. The molecule has 4 nitrogen and oxygen atoms in total. The van der Waals surface area contributed by atoms with Gasteiger partial charge < -0.3 is 15.2 Å². The summed E-state index contributed by atoms with van der Waals surface area (Å²) in [7, 11) is 0. The lowest BCUT2D eigenvalue weighted by Gasteiger charge is -2.10. The molecule has 0 saturated carbocycles. The van der Waals surface area contributed by atoms with Crippen molar-refractivity contribution in [1.29, 1.82) is 0 Å². The van der Waals surface area contributed by atoms with Gasteiger partial charge in [0.2, 0.25) is 0 Å². The van der Waals surface area contributed by atoms with E-state index < -0.39 is 11.8 Å². The number of hydrogen-bond donors (Lipinski definition) is 1. The maximum atomic E-state index is 13.1. The molecule has 92 valence electrons. The van der Waals surface area contributed by atoms with Crippen LogP contribution in [0.5, 0.6) is 0 Å². The predicted octanol–water partition coefficient (Wildman–Crippen LogP) is 1.74. The monoisotopic (exact) mass is 239 g/mol. The van der Waals surface area contributed by atoms with Gasteiger partial charge in [0, 0.05) is 6.61 Å². The highest BCUT2D eigenvalue weighted by Gasteiger charge is 2.18. The van der Waals surface area contributed by atoms with E-state index in [-0.39, 0.29) is 24.0 Å². The molecule has 1 heterocycles. The molecule has 0 spiro atoms. The zero-order valence-corrected chi connectivity index (χ0v) is 9.32. The molecule has 1 aromatic carbocycles. The first-order valence-electron chi connectivity index (χ1n) is 5.50. The lowest BCUT2D eigenvalue weighted by Crippen LogP contribution is -2.18. The number of nitrogen functional groups attached to an aromatic ring is 1. The molecule has 0 radical (unpaired) electrons. The van der Waals surface area contributed by atoms with E-state index in [1.807, 2.05) is 0 Å². The first-order valence-corrected chi connectivity index (χ1v) is 5.50. The molecule has 1 aliphatic rings. The molecule has 2 N–H and O–H groups in total. The zero-order chi connectivity index (χ0) is 12.3. The Morgan fingerprint density at radius 2 is 2.41 bits per heavy atom. The molecular weight excluding hydrogens is 225 g/mol. The molecule has 1 atom stereocenters. The highest BCUT2D eigenvalue weighted by Crippen LogP contribution is 2.15. The van der Waals surface area contributed by atoms with Crippen molar-refractivity contribution >= 4 is 11.7 Å². The van der Waals surface area contributed by atoms with E-state index in [0.29, 0.717) is 6.61 Å². The second-order valence-corrected chi connectivity index (χ2v) is 3.97. The van der Waals surface area contributed by atoms with E-state index in [0.717, 1.165) is 18.9 Å². The standard InChI is InChI=1S/C12H14FNO3/c13-10-6-8(3-4-11(10)14)12(15)17-7-9-2-1-5-16-9/h3-4,6,9H,1-2,5,7,14H2. The van der Waals surface area contributed by atoms with Crippen LogP contribution in [0.3, 0.4) is 0 Å². The first-order chi connectivity index (χ1) is 8.16. The summed E-state index contributed by atoms with van der Waals surface area (Å²) in [5, 5.41) is 0. The normalized spacial score (nSPS) is 19.2. The Kier molecular flexibility index (Phi) is 3.58. The summed E-state index contributed by atoms with van der Waals surface area (Å²) in [6.45, 7) is 0.920. The van der Waals surface area contributed by atoms with Crippen LogP contribution >= 0.6 is 0 Å². The molecule has 1 unspecified atom stereocenters. The number of carbonyl (C=O) groups excluding carboxylic acids is 1. The van der Waals surface area contributed by atoms with Crippen LogP contribution in [0, 0.1) is 5.82 Å². The average Bonchev–Trinajstić information content (AvgIpc) is 2.82. The van der Waals surface area contributed by atoms with Gasteiger partial charge in [-0.15, -0.1) is 0 Å². The van der Waals surface area contributed by atoms with Crippen LogP contribution in [0.25, 0.3) is 0 Å². The fourth-order valence-electron chi connectivity index (χ4n) is 1.68. The lowest BCUT2D eigenvalue weighted by molar-refractivity contribution is 0.0161. The van der Waals surface area contributed by atoms with Crippen LogP contribution < -0.4 is 5.73 Å². The van der Waals surface area contributed by atoms with Crippen molar-refractivity contribution in [1.82, 2.24) is 0 Å². The van der Waals surface area contributed by atoms with Crippen molar-refractivity contribution in [3.8, 4) is 0 Å². The van der Waals surface area contributed by atoms with E-state index in [1.54, 1.807) is 0 Å². The summed E-state index contributed by atoms with van der Waals surface area (Å²) < 4.78 is 23.5. The first kappa shape index (κ1) is 11.9. The molecule has 2 rings (SSSR count). The number of hydrogen-bond acceptors (Lipinski definition) is 4. The number of nitrogens with two attached hydrogens (primary N) is 1. The van der Waals surface area contributed by atoms with Gasteiger partial charge in [-0.05, 0) is 31.0 Å². The molecule has 0 bridgehead atoms. The topological polar surface area (TPSA) is 61.6 Å². The van der Waals surface area contributed by atoms with Gasteiger partial charge in [-0.1, -0.05) is 0 Å². The Labute approximate surface area is 98.5 Å². The molecule has 1 saturated heterocycles. The van der Waals surface area contributed by atoms with Gasteiger partial charge in [-0.2, -0.15) is 0 Å². The van der Waals surface area contributed by atoms with Crippen LogP contribution in [0.4, 0.5) is 10.1 Å². The Morgan fingerprint density at radius 1 is 1.59 bits per heavy atom. The van der Waals surface area contributed by atoms with Gasteiger partial charge in [-0.3, -0.25) is 0 Å². The van der Waals surface area contributed by atoms with Crippen molar-refractivity contribution in [3.05, 3.63) is 29.6 Å². The molecule has 1 fully saturated rings. The van der Waals surface area contributed by atoms with E-state index in [2.05, 4.69) is 0 Å². The molecule has 1 aliphatic heterocycles. The highest BCUT2D eigenvalue weighted by atomic mass is 19.1. The average molecular weight is 239 g/mol. The van der Waals surface area contributed by atoms with E-state index >= 15 is 0 Å². The van der Waals surface area contributed by atoms with Crippen molar-refractivity contribution in [2.24, 2.45) is 0 Å². The molecular formula is C12H14FNO3. The van der Waals surface area contributed by atoms with Crippen LogP contribution in [-0.4, -0.2) is 25.3 Å². The largest absolute Gasteiger partial charge is 0.459 e. The van der Waals surface area contributed by atoms with E-state index in [1.165, 1.54) is 12.1 Å². The minimum absolute atomic E-state index is 0.0145. The Morgan fingerprint density at radius 3 is 3.06 bits per heavy atom. The summed E-state index contributed by atoms with van der Waals surface area (Å²) in [4.78, 5) is 11.6. The quantitative estimate of drug-likeness (QED) is 0.644. The second-order valence-electron chi connectivity index (χ2n) is 3.97. The number of benzene rings is 1. The van der Waals surface area contributed by atoms with Crippen molar-refractivity contribution in [3.63, 3.8) is 0 Å². The maximum absolute atomic E-state index is 13.1. The molecule has 0 aliphatic carbocycles. The third kappa shape index (κ3) is 2.94. The van der Waals surface area contributed by atoms with Gasteiger partial charge in [-0.25, -0.2) is 9.18 Å². The number of ether oxygens (including phenoxy) is 2. The molecule has 0 aromatic heterocycles. The second kappa shape index (κ2) is 5.14. The number of carbonyl (C=O) groups is 1. The van der Waals surface area contributed by atoms with Crippen LogP contribution in [0.1, 0.15) is 23.2 Å². The summed E-state index contributed by atoms with van der Waals surface area (Å²) in [5.41, 5.74) is 5.49. The van der Waals surface area contributed by atoms with Gasteiger partial charge in [0.15, 0.2) is 0 Å². The zero-order valence-electron chi connectivity index (χ0n) is 9.32.